The van der Waals surface area contributed by atoms with Crippen molar-refractivity contribution in [2.24, 2.45) is 0 Å². The first-order valence-corrected chi connectivity index (χ1v) is 5.39. The molecule has 17 heavy (non-hydrogen) atoms. The molecular formula is C12H17N3O2. The molecule has 0 aliphatic heterocycles. The van der Waals surface area contributed by atoms with Crippen LogP contribution in [0.15, 0.2) is 18.2 Å². The maximum absolute atomic E-state index is 11.7. The Bertz CT molecular complexity index is 430. The average molecular weight is 235 g/mol. The van der Waals surface area contributed by atoms with Crippen molar-refractivity contribution in [3.8, 4) is 0 Å². The van der Waals surface area contributed by atoms with Crippen LogP contribution in [0.1, 0.15) is 22.3 Å². The van der Waals surface area contributed by atoms with Crippen LogP contribution >= 0.6 is 0 Å². The fourth-order valence-corrected chi connectivity index (χ4v) is 1.40. The molecule has 2 amide bonds. The number of amides is 2. The van der Waals surface area contributed by atoms with Gasteiger partial charge in [-0.2, -0.15) is 0 Å². The summed E-state index contributed by atoms with van der Waals surface area (Å²) in [4.78, 5) is 22.7. The number of hydrogen-bond acceptors (Lipinski definition) is 3. The number of carbonyl (C=O) groups is 2. The summed E-state index contributed by atoms with van der Waals surface area (Å²) >= 11 is 0. The standard InChI is InChI=1S/C12H17N3O2/c1-8-3-4-9(10(13)7-8)12(17)15-6-5-11(16)14-2/h3-4,7H,5-6,13H2,1-2H3,(H,14,16)(H,15,17). The maximum Gasteiger partial charge on any atom is 0.253 e. The van der Waals surface area contributed by atoms with Crippen LogP contribution in [0.5, 0.6) is 0 Å². The van der Waals surface area contributed by atoms with Gasteiger partial charge in [0.1, 0.15) is 0 Å². The van der Waals surface area contributed by atoms with Crippen LogP contribution in [0.2, 0.25) is 0 Å². The van der Waals surface area contributed by atoms with Gasteiger partial charge in [0.05, 0.1) is 5.56 Å². The summed E-state index contributed by atoms with van der Waals surface area (Å²) in [6, 6.07) is 5.25. The summed E-state index contributed by atoms with van der Waals surface area (Å²) in [5.41, 5.74) is 7.63. The van der Waals surface area contributed by atoms with Crippen LogP contribution < -0.4 is 16.4 Å². The Kier molecular flexibility index (Phi) is 4.51. The number of nitrogen functional groups attached to an aromatic ring is 1. The number of anilines is 1. The van der Waals surface area contributed by atoms with Crippen LogP contribution in [0, 0.1) is 6.92 Å². The fraction of sp³-hybridized carbons (Fsp3) is 0.333. The van der Waals surface area contributed by atoms with Crippen LogP contribution in [0.25, 0.3) is 0 Å². The highest BCUT2D eigenvalue weighted by atomic mass is 16.2. The van der Waals surface area contributed by atoms with Crippen molar-refractivity contribution in [2.45, 2.75) is 13.3 Å². The number of aryl methyl sites for hydroxylation is 1. The van der Waals surface area contributed by atoms with Crippen molar-refractivity contribution in [2.75, 3.05) is 19.3 Å². The molecule has 0 saturated carbocycles. The predicted molar refractivity (Wildman–Crippen MR) is 66.6 cm³/mol. The van der Waals surface area contributed by atoms with E-state index in [1.54, 1.807) is 19.2 Å². The van der Waals surface area contributed by atoms with Gasteiger partial charge in [0, 0.05) is 25.7 Å². The molecule has 0 radical (unpaired) electrons. The highest BCUT2D eigenvalue weighted by molar-refractivity contribution is 5.99. The number of carbonyl (C=O) groups excluding carboxylic acids is 2. The topological polar surface area (TPSA) is 84.2 Å². The van der Waals surface area contributed by atoms with Gasteiger partial charge in [0.15, 0.2) is 0 Å². The lowest BCUT2D eigenvalue weighted by molar-refractivity contribution is -0.120. The molecule has 1 rings (SSSR count). The molecule has 0 spiro atoms. The molecule has 0 aliphatic rings. The third-order valence-corrected chi connectivity index (χ3v) is 2.37. The van der Waals surface area contributed by atoms with Crippen molar-refractivity contribution >= 4 is 17.5 Å². The third kappa shape index (κ3) is 3.79. The maximum atomic E-state index is 11.7. The van der Waals surface area contributed by atoms with E-state index in [1.807, 2.05) is 13.0 Å². The molecule has 0 unspecified atom stereocenters. The summed E-state index contributed by atoms with van der Waals surface area (Å²) in [5.74, 6) is -0.367. The second-order valence-electron chi connectivity index (χ2n) is 3.77. The van der Waals surface area contributed by atoms with E-state index in [9.17, 15) is 9.59 Å². The molecule has 92 valence electrons. The molecule has 4 N–H and O–H groups in total. The molecule has 1 aromatic rings. The second-order valence-corrected chi connectivity index (χ2v) is 3.77. The lowest BCUT2D eigenvalue weighted by Gasteiger charge is -2.07. The number of hydrogen-bond donors (Lipinski definition) is 3. The minimum atomic E-state index is -0.258. The highest BCUT2D eigenvalue weighted by Gasteiger charge is 2.09. The number of rotatable bonds is 4. The second kappa shape index (κ2) is 5.89. The Hall–Kier alpha value is -2.04. The van der Waals surface area contributed by atoms with Crippen molar-refractivity contribution in [1.29, 1.82) is 0 Å². The van der Waals surface area contributed by atoms with Gasteiger partial charge in [-0.25, -0.2) is 0 Å². The average Bonchev–Trinajstić information content (AvgIpc) is 2.28. The van der Waals surface area contributed by atoms with E-state index < -0.39 is 0 Å². The van der Waals surface area contributed by atoms with E-state index in [2.05, 4.69) is 10.6 Å². The fourth-order valence-electron chi connectivity index (χ4n) is 1.40. The third-order valence-electron chi connectivity index (χ3n) is 2.37. The first-order chi connectivity index (χ1) is 8.04. The van der Waals surface area contributed by atoms with E-state index in [0.29, 0.717) is 17.8 Å². The van der Waals surface area contributed by atoms with E-state index in [4.69, 9.17) is 5.73 Å². The molecule has 0 aliphatic carbocycles. The first-order valence-electron chi connectivity index (χ1n) is 5.39. The van der Waals surface area contributed by atoms with Crippen LogP contribution in [-0.2, 0) is 4.79 Å². The van der Waals surface area contributed by atoms with Gasteiger partial charge >= 0.3 is 0 Å². The molecule has 0 fully saturated rings. The Balaban J connectivity index is 2.55. The lowest BCUT2D eigenvalue weighted by Crippen LogP contribution is -2.29. The van der Waals surface area contributed by atoms with Crippen molar-refractivity contribution < 1.29 is 9.59 Å². The van der Waals surface area contributed by atoms with Gasteiger partial charge in [-0.1, -0.05) is 6.07 Å². The largest absolute Gasteiger partial charge is 0.398 e. The van der Waals surface area contributed by atoms with E-state index >= 15 is 0 Å². The summed E-state index contributed by atoms with van der Waals surface area (Å²) < 4.78 is 0. The Morgan fingerprint density at radius 1 is 1.35 bits per heavy atom. The molecule has 0 atom stereocenters. The minimum absolute atomic E-state index is 0.109. The molecule has 5 nitrogen and oxygen atoms in total. The molecule has 1 aromatic carbocycles. The first kappa shape index (κ1) is 13.0. The van der Waals surface area contributed by atoms with E-state index in [0.717, 1.165) is 5.56 Å². The SMILES string of the molecule is CNC(=O)CCNC(=O)c1ccc(C)cc1N. The summed E-state index contributed by atoms with van der Waals surface area (Å²) in [6.45, 7) is 2.20. The smallest absolute Gasteiger partial charge is 0.253 e. The van der Waals surface area contributed by atoms with Gasteiger partial charge in [-0.3, -0.25) is 9.59 Å². The van der Waals surface area contributed by atoms with Gasteiger partial charge in [-0.15, -0.1) is 0 Å². The zero-order chi connectivity index (χ0) is 12.8. The number of nitrogens with one attached hydrogen (secondary N) is 2. The lowest BCUT2D eigenvalue weighted by atomic mass is 10.1. The van der Waals surface area contributed by atoms with E-state index in [1.165, 1.54) is 0 Å². The van der Waals surface area contributed by atoms with Gasteiger partial charge in [-0.05, 0) is 24.6 Å². The normalized spacial score (nSPS) is 9.76. The quantitative estimate of drug-likeness (QED) is 0.662. The zero-order valence-corrected chi connectivity index (χ0v) is 10.0. The molecular weight excluding hydrogens is 218 g/mol. The predicted octanol–water partition coefficient (Wildman–Crippen LogP) is 0.443. The van der Waals surface area contributed by atoms with Gasteiger partial charge < -0.3 is 16.4 Å². The summed E-state index contributed by atoms with van der Waals surface area (Å²) in [6.07, 6.45) is 0.258. The Morgan fingerprint density at radius 2 is 2.06 bits per heavy atom. The Labute approximate surface area is 100 Å². The molecule has 0 saturated heterocycles. The van der Waals surface area contributed by atoms with Crippen molar-refractivity contribution in [3.05, 3.63) is 29.3 Å². The molecule has 0 aromatic heterocycles. The molecule has 5 heteroatoms. The van der Waals surface area contributed by atoms with Crippen molar-refractivity contribution in [1.82, 2.24) is 10.6 Å². The Morgan fingerprint density at radius 3 is 2.65 bits per heavy atom. The molecule has 0 heterocycles. The summed E-state index contributed by atoms with van der Waals surface area (Å²) in [5, 5.41) is 5.13. The number of nitrogens with two attached hydrogens (primary N) is 1. The van der Waals surface area contributed by atoms with Crippen LogP contribution in [0.4, 0.5) is 5.69 Å². The summed E-state index contributed by atoms with van der Waals surface area (Å²) in [7, 11) is 1.56. The van der Waals surface area contributed by atoms with Crippen LogP contribution in [-0.4, -0.2) is 25.4 Å². The van der Waals surface area contributed by atoms with Gasteiger partial charge in [0.2, 0.25) is 5.91 Å². The van der Waals surface area contributed by atoms with E-state index in [-0.39, 0.29) is 18.2 Å². The number of benzene rings is 1. The minimum Gasteiger partial charge on any atom is -0.398 e. The van der Waals surface area contributed by atoms with Crippen molar-refractivity contribution in [3.63, 3.8) is 0 Å². The zero-order valence-electron chi connectivity index (χ0n) is 10.0. The van der Waals surface area contributed by atoms with Gasteiger partial charge in [0.25, 0.3) is 5.91 Å². The molecule has 0 bridgehead atoms. The van der Waals surface area contributed by atoms with Crippen LogP contribution in [0.3, 0.4) is 0 Å². The monoisotopic (exact) mass is 235 g/mol. The highest BCUT2D eigenvalue weighted by Crippen LogP contribution is 2.13.